The van der Waals surface area contributed by atoms with Crippen LogP contribution < -0.4 is 32.7 Å². The summed E-state index contributed by atoms with van der Waals surface area (Å²) in [6.45, 7) is 4.96. The van der Waals surface area contributed by atoms with Crippen molar-refractivity contribution in [3.8, 4) is 0 Å². The molecular weight excluding hydrogens is 564 g/mol. The number of unbranched alkanes of at least 4 members (excludes halogenated alkanes) is 1. The van der Waals surface area contributed by atoms with E-state index in [0.29, 0.717) is 24.9 Å². The van der Waals surface area contributed by atoms with Crippen LogP contribution in [-0.4, -0.2) is 93.7 Å². The van der Waals surface area contributed by atoms with E-state index in [1.165, 1.54) is 6.92 Å². The monoisotopic (exact) mass is 608 g/mol. The number of amides is 4. The molecule has 0 bridgehead atoms. The zero-order valence-electron chi connectivity index (χ0n) is 24.6. The van der Waals surface area contributed by atoms with E-state index in [2.05, 4.69) is 21.3 Å². The molecule has 0 aliphatic carbocycles. The third kappa shape index (κ3) is 13.2. The summed E-state index contributed by atoms with van der Waals surface area (Å²) >= 11 is 0. The zero-order chi connectivity index (χ0) is 32.7. The van der Waals surface area contributed by atoms with Crippen LogP contribution in [0.3, 0.4) is 0 Å². The molecule has 0 unspecified atom stereocenters. The van der Waals surface area contributed by atoms with Crippen LogP contribution in [0.5, 0.6) is 0 Å². The lowest BCUT2D eigenvalue weighted by molar-refractivity contribution is -0.144. The van der Waals surface area contributed by atoms with Gasteiger partial charge in [-0.1, -0.05) is 44.2 Å². The molecule has 1 aromatic rings. The van der Waals surface area contributed by atoms with Crippen molar-refractivity contribution in [2.24, 2.45) is 17.4 Å². The minimum absolute atomic E-state index is 0.0160. The highest BCUT2D eigenvalue weighted by Crippen LogP contribution is 2.08. The molecule has 0 aromatic heterocycles. The fourth-order valence-electron chi connectivity index (χ4n) is 3.96. The number of carboxylic acids is 2. The van der Waals surface area contributed by atoms with Gasteiger partial charge in [-0.2, -0.15) is 0 Å². The Bertz CT molecular complexity index is 1100. The van der Waals surface area contributed by atoms with Crippen molar-refractivity contribution in [2.45, 2.75) is 89.2 Å². The van der Waals surface area contributed by atoms with E-state index in [-0.39, 0.29) is 18.8 Å². The van der Waals surface area contributed by atoms with Crippen molar-refractivity contribution in [1.82, 2.24) is 21.3 Å². The Morgan fingerprint density at radius 2 is 1.33 bits per heavy atom. The molecule has 0 aliphatic heterocycles. The van der Waals surface area contributed by atoms with Crippen molar-refractivity contribution < 1.29 is 44.1 Å². The van der Waals surface area contributed by atoms with Crippen LogP contribution >= 0.6 is 0 Å². The van der Waals surface area contributed by atoms with E-state index in [1.807, 2.05) is 0 Å². The molecule has 6 atom stereocenters. The van der Waals surface area contributed by atoms with Gasteiger partial charge in [0.2, 0.25) is 23.6 Å². The van der Waals surface area contributed by atoms with Crippen molar-refractivity contribution in [3.63, 3.8) is 0 Å². The van der Waals surface area contributed by atoms with Crippen molar-refractivity contribution in [3.05, 3.63) is 35.9 Å². The third-order valence-corrected chi connectivity index (χ3v) is 6.57. The van der Waals surface area contributed by atoms with E-state index >= 15 is 0 Å². The number of aliphatic carboxylic acids is 2. The quantitative estimate of drug-likeness (QED) is 0.0793. The fraction of sp³-hybridized carbons (Fsp3) is 0.571. The molecule has 0 saturated heterocycles. The van der Waals surface area contributed by atoms with E-state index in [4.69, 9.17) is 11.5 Å². The predicted octanol–water partition coefficient (Wildman–Crippen LogP) is -1.78. The number of hydrogen-bond donors (Lipinski definition) is 9. The van der Waals surface area contributed by atoms with E-state index in [9.17, 15) is 44.1 Å². The highest BCUT2D eigenvalue weighted by molar-refractivity contribution is 5.96. The standard InChI is InChI=1S/C28H44N6O9/c1-15(2)22(30)26(40)32-19(13-17-9-5-4-6-10-17)25(39)34-23(16(3)35)27(41)33-20(14-21(36)37)24(38)31-18(28(42)43)11-7-8-12-29/h4-6,9-10,15-16,18-20,22-23,35H,7-8,11-14,29-30H2,1-3H3,(H,31,38)(H,32,40)(H,33,41)(H,34,39)(H,36,37)(H,42,43)/t16-,18+,19+,20+,22+,23+/m1/s1. The summed E-state index contributed by atoms with van der Waals surface area (Å²) in [5.74, 6) is -6.72. The van der Waals surface area contributed by atoms with Gasteiger partial charge in [0.1, 0.15) is 24.2 Å². The third-order valence-electron chi connectivity index (χ3n) is 6.57. The lowest BCUT2D eigenvalue weighted by atomic mass is 10.0. The topological polar surface area (TPSA) is 263 Å². The second-order valence-corrected chi connectivity index (χ2v) is 10.6. The molecule has 240 valence electrons. The van der Waals surface area contributed by atoms with Gasteiger partial charge >= 0.3 is 11.9 Å². The minimum atomic E-state index is -1.73. The van der Waals surface area contributed by atoms with Gasteiger partial charge in [-0.3, -0.25) is 24.0 Å². The summed E-state index contributed by atoms with van der Waals surface area (Å²) in [4.78, 5) is 75.1. The smallest absolute Gasteiger partial charge is 0.326 e. The largest absolute Gasteiger partial charge is 0.481 e. The number of carbonyl (C=O) groups is 6. The van der Waals surface area contributed by atoms with E-state index in [1.54, 1.807) is 44.2 Å². The van der Waals surface area contributed by atoms with Crippen molar-refractivity contribution in [1.29, 1.82) is 0 Å². The molecule has 0 heterocycles. The second-order valence-electron chi connectivity index (χ2n) is 10.6. The van der Waals surface area contributed by atoms with Crippen LogP contribution in [0.2, 0.25) is 0 Å². The maximum Gasteiger partial charge on any atom is 0.326 e. The molecule has 4 amide bonds. The molecule has 1 aromatic carbocycles. The van der Waals surface area contributed by atoms with Crippen LogP contribution in [0.15, 0.2) is 30.3 Å². The van der Waals surface area contributed by atoms with Gasteiger partial charge in [0.15, 0.2) is 0 Å². The number of aliphatic hydroxyl groups excluding tert-OH is 1. The second kappa shape index (κ2) is 18.5. The molecule has 0 radical (unpaired) electrons. The number of nitrogens with one attached hydrogen (secondary N) is 4. The highest BCUT2D eigenvalue weighted by atomic mass is 16.4. The molecule has 0 saturated carbocycles. The van der Waals surface area contributed by atoms with E-state index < -0.39 is 78.3 Å². The van der Waals surface area contributed by atoms with Crippen LogP contribution in [0.4, 0.5) is 0 Å². The number of hydrogen-bond acceptors (Lipinski definition) is 9. The maximum atomic E-state index is 13.3. The predicted molar refractivity (Wildman–Crippen MR) is 155 cm³/mol. The molecule has 0 spiro atoms. The molecule has 11 N–H and O–H groups in total. The maximum absolute atomic E-state index is 13.3. The SMILES string of the molecule is CC(C)[C@H](N)C(=O)N[C@@H](Cc1ccccc1)C(=O)N[C@H](C(=O)N[C@@H](CC(=O)O)C(=O)N[C@@H](CCCCN)C(=O)O)[C@@H](C)O. The lowest BCUT2D eigenvalue weighted by Gasteiger charge is -2.27. The van der Waals surface area contributed by atoms with Crippen molar-refractivity contribution in [2.75, 3.05) is 6.54 Å². The lowest BCUT2D eigenvalue weighted by Crippen LogP contribution is -2.61. The molecule has 43 heavy (non-hydrogen) atoms. The summed E-state index contributed by atoms with van der Waals surface area (Å²) in [5, 5.41) is 38.4. The first-order valence-corrected chi connectivity index (χ1v) is 14.0. The van der Waals surface area contributed by atoms with Crippen LogP contribution in [0, 0.1) is 5.92 Å². The summed E-state index contributed by atoms with van der Waals surface area (Å²) in [6.07, 6.45) is -1.52. The first-order valence-electron chi connectivity index (χ1n) is 14.0. The van der Waals surface area contributed by atoms with E-state index in [0.717, 1.165) is 0 Å². The van der Waals surface area contributed by atoms with Gasteiger partial charge in [-0.15, -0.1) is 0 Å². The molecule has 1 rings (SSSR count). The van der Waals surface area contributed by atoms with Gasteiger partial charge in [0.05, 0.1) is 18.6 Å². The van der Waals surface area contributed by atoms with Gasteiger partial charge in [0, 0.05) is 6.42 Å². The van der Waals surface area contributed by atoms with Gasteiger partial charge < -0.3 is 48.1 Å². The Labute approximate surface area is 250 Å². The Kier molecular flexibility index (Phi) is 15.9. The van der Waals surface area contributed by atoms with Crippen LogP contribution in [-0.2, 0) is 35.2 Å². The average Bonchev–Trinajstić information content (AvgIpc) is 2.93. The number of benzene rings is 1. The zero-order valence-corrected chi connectivity index (χ0v) is 24.6. The number of carbonyl (C=O) groups excluding carboxylic acids is 4. The summed E-state index contributed by atoms with van der Waals surface area (Å²) in [6, 6.07) is 1.78. The fourth-order valence-corrected chi connectivity index (χ4v) is 3.96. The summed E-state index contributed by atoms with van der Waals surface area (Å²) in [7, 11) is 0. The number of aliphatic hydroxyl groups is 1. The summed E-state index contributed by atoms with van der Waals surface area (Å²) < 4.78 is 0. The van der Waals surface area contributed by atoms with Crippen LogP contribution in [0.25, 0.3) is 0 Å². The molecule has 0 aliphatic rings. The summed E-state index contributed by atoms with van der Waals surface area (Å²) in [5.41, 5.74) is 12.0. The molecular formula is C28H44N6O9. The average molecular weight is 609 g/mol. The first-order chi connectivity index (χ1) is 20.2. The molecule has 15 nitrogen and oxygen atoms in total. The highest BCUT2D eigenvalue weighted by Gasteiger charge is 2.34. The minimum Gasteiger partial charge on any atom is -0.481 e. The van der Waals surface area contributed by atoms with Crippen LogP contribution in [0.1, 0.15) is 52.0 Å². The number of rotatable bonds is 19. The van der Waals surface area contributed by atoms with Gasteiger partial charge in [0.25, 0.3) is 0 Å². The molecule has 15 heteroatoms. The number of carboxylic acid groups (broad SMARTS) is 2. The molecule has 0 fully saturated rings. The first kappa shape index (κ1) is 36.9. The Hall–Kier alpha value is -4.08. The Balaban J connectivity index is 3.15. The number of nitrogens with two attached hydrogens (primary N) is 2. The van der Waals surface area contributed by atoms with Gasteiger partial charge in [-0.05, 0) is 44.2 Å². The normalized spacial score (nSPS) is 15.2. The Morgan fingerprint density at radius 3 is 1.84 bits per heavy atom. The Morgan fingerprint density at radius 1 is 0.767 bits per heavy atom. The van der Waals surface area contributed by atoms with Gasteiger partial charge in [-0.25, -0.2) is 4.79 Å². The van der Waals surface area contributed by atoms with Crippen molar-refractivity contribution >= 4 is 35.6 Å².